The molecule has 1 aliphatic heterocycles. The smallest absolute Gasteiger partial charge is 0.410 e. The van der Waals surface area contributed by atoms with E-state index in [2.05, 4.69) is 5.10 Å². The second-order valence-corrected chi connectivity index (χ2v) is 8.33. The van der Waals surface area contributed by atoms with Gasteiger partial charge in [-0.05, 0) is 51.8 Å². The molecule has 1 aromatic carbocycles. The first-order chi connectivity index (χ1) is 13.2. The number of aromatic nitrogens is 2. The molecule has 1 amide bonds. The molecular weight excluding hydrogens is 385 g/mol. The zero-order chi connectivity index (χ0) is 20.3. The number of carbonyl (C=O) groups excluding carboxylic acids is 1. The number of ether oxygens (including phenoxy) is 1. The molecule has 28 heavy (non-hydrogen) atoms. The number of rotatable bonds is 4. The Hall–Kier alpha value is -2.28. The lowest BCUT2D eigenvalue weighted by Crippen LogP contribution is -2.41. The summed E-state index contributed by atoms with van der Waals surface area (Å²) in [7, 11) is 0. The van der Waals surface area contributed by atoms with Crippen molar-refractivity contribution in [3.63, 3.8) is 0 Å². The topological polar surface area (TPSA) is 56.6 Å². The number of likely N-dealkylation sites (tertiary alicyclic amines) is 1. The van der Waals surface area contributed by atoms with Crippen molar-refractivity contribution in [2.24, 2.45) is 0 Å². The molecule has 0 saturated carbocycles. The van der Waals surface area contributed by atoms with Crippen LogP contribution in [0.15, 0.2) is 30.5 Å². The van der Waals surface area contributed by atoms with E-state index < -0.39 is 11.4 Å². The Morgan fingerprint density at radius 2 is 2.00 bits per heavy atom. The molecule has 0 unspecified atom stereocenters. The van der Waals surface area contributed by atoms with Gasteiger partial charge >= 0.3 is 6.09 Å². The zero-order valence-electron chi connectivity index (χ0n) is 16.3. The zero-order valence-corrected chi connectivity index (χ0v) is 17.1. The van der Waals surface area contributed by atoms with Crippen LogP contribution < -0.4 is 4.84 Å². The SMILES string of the molecule is CC(C)(C)OC(=O)N1CCC(c2ccn(OCc3ccc(Cl)cc3F)n2)CC1. The lowest BCUT2D eigenvalue weighted by Gasteiger charge is -2.32. The molecule has 0 spiro atoms. The first-order valence-electron chi connectivity index (χ1n) is 9.32. The number of hydrogen-bond acceptors (Lipinski definition) is 4. The van der Waals surface area contributed by atoms with Crippen molar-refractivity contribution in [2.45, 2.75) is 51.7 Å². The van der Waals surface area contributed by atoms with Gasteiger partial charge in [-0.1, -0.05) is 17.7 Å². The van der Waals surface area contributed by atoms with Gasteiger partial charge in [-0.15, -0.1) is 9.94 Å². The van der Waals surface area contributed by atoms with Gasteiger partial charge in [0.2, 0.25) is 0 Å². The normalized spacial score (nSPS) is 15.5. The number of nitrogens with zero attached hydrogens (tertiary/aromatic N) is 3. The van der Waals surface area contributed by atoms with Gasteiger partial charge in [-0.25, -0.2) is 9.18 Å². The molecule has 1 aromatic heterocycles. The molecule has 8 heteroatoms. The Balaban J connectivity index is 1.51. The van der Waals surface area contributed by atoms with E-state index in [9.17, 15) is 9.18 Å². The Morgan fingerprint density at radius 3 is 2.64 bits per heavy atom. The predicted molar refractivity (Wildman–Crippen MR) is 104 cm³/mol. The molecule has 0 bridgehead atoms. The van der Waals surface area contributed by atoms with E-state index in [0.717, 1.165) is 18.5 Å². The summed E-state index contributed by atoms with van der Waals surface area (Å²) in [6.45, 7) is 6.90. The van der Waals surface area contributed by atoms with E-state index in [-0.39, 0.29) is 18.6 Å². The van der Waals surface area contributed by atoms with Crippen LogP contribution in [-0.4, -0.2) is 39.6 Å². The van der Waals surface area contributed by atoms with Gasteiger partial charge in [0, 0.05) is 29.6 Å². The molecule has 0 radical (unpaired) electrons. The molecule has 1 fully saturated rings. The number of piperidine rings is 1. The molecule has 0 N–H and O–H groups in total. The maximum atomic E-state index is 13.8. The van der Waals surface area contributed by atoms with E-state index in [1.54, 1.807) is 23.2 Å². The van der Waals surface area contributed by atoms with E-state index in [1.165, 1.54) is 10.9 Å². The van der Waals surface area contributed by atoms with Gasteiger partial charge in [0.05, 0.1) is 11.9 Å². The molecular formula is C20H25ClFN3O3. The lowest BCUT2D eigenvalue weighted by molar-refractivity contribution is 0.0202. The summed E-state index contributed by atoms with van der Waals surface area (Å²) in [5, 5.41) is 4.78. The van der Waals surface area contributed by atoms with Crippen molar-refractivity contribution >= 4 is 17.7 Å². The molecule has 1 aliphatic rings. The van der Waals surface area contributed by atoms with Crippen molar-refractivity contribution in [3.05, 3.63) is 52.6 Å². The highest BCUT2D eigenvalue weighted by molar-refractivity contribution is 6.30. The fourth-order valence-corrected chi connectivity index (χ4v) is 3.23. The fraction of sp³-hybridized carbons (Fsp3) is 0.500. The van der Waals surface area contributed by atoms with Crippen molar-refractivity contribution in [1.82, 2.24) is 14.8 Å². The van der Waals surface area contributed by atoms with Crippen LogP contribution in [0.2, 0.25) is 5.02 Å². The third-order valence-corrected chi connectivity index (χ3v) is 4.75. The highest BCUT2D eigenvalue weighted by atomic mass is 35.5. The second kappa shape index (κ2) is 8.39. The number of halogens is 2. The number of hydrogen-bond donors (Lipinski definition) is 0. The van der Waals surface area contributed by atoms with Crippen molar-refractivity contribution < 1.29 is 18.8 Å². The van der Waals surface area contributed by atoms with Crippen LogP contribution in [0.5, 0.6) is 0 Å². The minimum absolute atomic E-state index is 0.0568. The van der Waals surface area contributed by atoms with Crippen molar-refractivity contribution in [2.75, 3.05) is 13.1 Å². The Labute approximate surface area is 169 Å². The van der Waals surface area contributed by atoms with Gasteiger partial charge in [0.15, 0.2) is 0 Å². The predicted octanol–water partition coefficient (Wildman–Crippen LogP) is 4.42. The summed E-state index contributed by atoms with van der Waals surface area (Å²) < 4.78 is 19.2. The number of benzene rings is 1. The van der Waals surface area contributed by atoms with Gasteiger partial charge in [0.1, 0.15) is 18.0 Å². The average Bonchev–Trinajstić information content (AvgIpc) is 3.09. The van der Waals surface area contributed by atoms with E-state index >= 15 is 0 Å². The molecule has 1 saturated heterocycles. The van der Waals surface area contributed by atoms with Gasteiger partial charge in [0.25, 0.3) is 0 Å². The first-order valence-corrected chi connectivity index (χ1v) is 9.70. The third-order valence-electron chi connectivity index (χ3n) is 4.52. The van der Waals surface area contributed by atoms with Crippen LogP contribution in [0.25, 0.3) is 0 Å². The van der Waals surface area contributed by atoms with Crippen LogP contribution in [0.4, 0.5) is 9.18 Å². The van der Waals surface area contributed by atoms with Gasteiger partial charge < -0.3 is 14.5 Å². The summed E-state index contributed by atoms with van der Waals surface area (Å²) >= 11 is 5.75. The third kappa shape index (κ3) is 5.38. The Kier molecular flexibility index (Phi) is 6.13. The molecule has 0 atom stereocenters. The molecule has 2 heterocycles. The van der Waals surface area contributed by atoms with Crippen molar-refractivity contribution in [1.29, 1.82) is 0 Å². The number of amides is 1. The molecule has 6 nitrogen and oxygen atoms in total. The van der Waals surface area contributed by atoms with Crippen LogP contribution in [0.1, 0.15) is 50.8 Å². The average molecular weight is 410 g/mol. The van der Waals surface area contributed by atoms with Crippen LogP contribution in [0.3, 0.4) is 0 Å². The maximum Gasteiger partial charge on any atom is 0.410 e. The van der Waals surface area contributed by atoms with Gasteiger partial charge in [-0.2, -0.15) is 0 Å². The summed E-state index contributed by atoms with van der Waals surface area (Å²) in [4.78, 5) is 20.8. The number of carbonyl (C=O) groups is 1. The molecule has 0 aliphatic carbocycles. The van der Waals surface area contributed by atoms with Crippen molar-refractivity contribution in [3.8, 4) is 0 Å². The van der Waals surface area contributed by atoms with Crippen LogP contribution >= 0.6 is 11.6 Å². The quantitative estimate of drug-likeness (QED) is 0.750. The highest BCUT2D eigenvalue weighted by Crippen LogP contribution is 2.27. The largest absolute Gasteiger partial charge is 0.444 e. The van der Waals surface area contributed by atoms with E-state index in [1.807, 2.05) is 26.8 Å². The lowest BCUT2D eigenvalue weighted by atomic mass is 9.94. The van der Waals surface area contributed by atoms with Gasteiger partial charge in [-0.3, -0.25) is 0 Å². The molecule has 152 valence electrons. The minimum atomic E-state index is -0.492. The van der Waals surface area contributed by atoms with E-state index in [4.69, 9.17) is 21.2 Å². The van der Waals surface area contributed by atoms with Crippen LogP contribution in [-0.2, 0) is 11.3 Å². The Morgan fingerprint density at radius 1 is 1.29 bits per heavy atom. The molecule has 3 rings (SSSR count). The summed E-state index contributed by atoms with van der Waals surface area (Å²) in [6, 6.07) is 6.37. The first kappa shape index (κ1) is 20.5. The van der Waals surface area contributed by atoms with E-state index in [0.29, 0.717) is 23.7 Å². The highest BCUT2D eigenvalue weighted by Gasteiger charge is 2.28. The summed E-state index contributed by atoms with van der Waals surface area (Å²) in [5.74, 6) is -0.162. The summed E-state index contributed by atoms with van der Waals surface area (Å²) in [5.41, 5.74) is 0.820. The fourth-order valence-electron chi connectivity index (χ4n) is 3.07. The second-order valence-electron chi connectivity index (χ2n) is 7.89. The monoisotopic (exact) mass is 409 g/mol. The molecule has 2 aromatic rings. The van der Waals surface area contributed by atoms with Crippen LogP contribution in [0, 0.1) is 5.82 Å². The maximum absolute atomic E-state index is 13.8. The minimum Gasteiger partial charge on any atom is -0.444 e. The summed E-state index contributed by atoms with van der Waals surface area (Å²) in [6.07, 6.45) is 3.05. The standard InChI is InChI=1S/C20H25ClFN3O3/c1-20(2,3)28-19(26)24-9-6-14(7-10-24)18-8-11-25(23-18)27-13-15-4-5-16(21)12-17(15)22/h4-5,8,11-12,14H,6-7,9-10,13H2,1-3H3. The Bertz CT molecular complexity index is 826.